The molecule has 1 aromatic rings. The van der Waals surface area contributed by atoms with Crippen molar-refractivity contribution >= 4 is 11.6 Å². The van der Waals surface area contributed by atoms with Gasteiger partial charge >= 0.3 is 0 Å². The molecule has 1 rings (SSSR count). The normalized spacial score (nSPS) is 8.82. The minimum atomic E-state index is -0.181. The van der Waals surface area contributed by atoms with Crippen molar-refractivity contribution in [2.24, 2.45) is 0 Å². The van der Waals surface area contributed by atoms with Gasteiger partial charge in [0.25, 0.3) is 5.91 Å². The Morgan fingerprint density at radius 1 is 1.29 bits per heavy atom. The molecular weight excluding hydrogens is 214 g/mol. The van der Waals surface area contributed by atoms with Crippen LogP contribution in [0.1, 0.15) is 10.4 Å². The molecule has 1 aromatic carbocycles. The van der Waals surface area contributed by atoms with Crippen LogP contribution in [0.3, 0.4) is 0 Å². The number of rotatable bonds is 4. The Bertz CT molecular complexity index is 451. The summed E-state index contributed by atoms with van der Waals surface area (Å²) in [6.45, 7) is 0.797. The predicted molar refractivity (Wildman–Crippen MR) is 67.6 cm³/mol. The first-order valence-corrected chi connectivity index (χ1v) is 5.01. The average Bonchev–Trinajstić information content (AvgIpc) is 2.35. The standard InChI is InChI=1S/C13H13N3O/c1-3-16(4-2)10-9-15-13(17)11-5-7-12(14)8-6-11/h1-2,5-8H,9-10,14H2,(H,15,17). The molecule has 3 N–H and O–H groups in total. The van der Waals surface area contributed by atoms with Crippen LogP contribution in [0.25, 0.3) is 0 Å². The number of hydrogen-bond donors (Lipinski definition) is 2. The van der Waals surface area contributed by atoms with Crippen molar-refractivity contribution in [2.75, 3.05) is 18.8 Å². The van der Waals surface area contributed by atoms with Crippen molar-refractivity contribution < 1.29 is 4.79 Å². The summed E-state index contributed by atoms with van der Waals surface area (Å²) >= 11 is 0. The minimum absolute atomic E-state index is 0.181. The van der Waals surface area contributed by atoms with E-state index >= 15 is 0 Å². The summed E-state index contributed by atoms with van der Waals surface area (Å²) in [5.41, 5.74) is 6.69. The lowest BCUT2D eigenvalue weighted by molar-refractivity contribution is 0.0952. The second-order valence-corrected chi connectivity index (χ2v) is 3.29. The fourth-order valence-electron chi connectivity index (χ4n) is 1.18. The lowest BCUT2D eigenvalue weighted by atomic mass is 10.2. The molecule has 4 heteroatoms. The fourth-order valence-corrected chi connectivity index (χ4v) is 1.18. The number of nitrogens with one attached hydrogen (secondary N) is 1. The lowest BCUT2D eigenvalue weighted by Gasteiger charge is -2.10. The Morgan fingerprint density at radius 2 is 1.88 bits per heavy atom. The number of nitrogens with zero attached hydrogens (tertiary/aromatic N) is 1. The van der Waals surface area contributed by atoms with Crippen LogP contribution >= 0.6 is 0 Å². The summed E-state index contributed by atoms with van der Waals surface area (Å²) in [6, 6.07) is 11.3. The van der Waals surface area contributed by atoms with E-state index in [0.29, 0.717) is 24.3 Å². The Morgan fingerprint density at radius 3 is 2.41 bits per heavy atom. The van der Waals surface area contributed by atoms with Crippen LogP contribution in [0, 0.1) is 24.9 Å². The minimum Gasteiger partial charge on any atom is -0.399 e. The van der Waals surface area contributed by atoms with E-state index in [2.05, 4.69) is 17.4 Å². The molecule has 4 nitrogen and oxygen atoms in total. The summed E-state index contributed by atoms with van der Waals surface area (Å²) in [7, 11) is 0. The van der Waals surface area contributed by atoms with E-state index in [1.165, 1.54) is 4.90 Å². The first-order valence-electron chi connectivity index (χ1n) is 5.01. The molecule has 0 aliphatic heterocycles. The lowest BCUT2D eigenvalue weighted by Crippen LogP contribution is -2.30. The second-order valence-electron chi connectivity index (χ2n) is 3.29. The van der Waals surface area contributed by atoms with Crippen molar-refractivity contribution in [3.8, 4) is 24.9 Å². The molecule has 0 bridgehead atoms. The van der Waals surface area contributed by atoms with Crippen LogP contribution in [0.2, 0.25) is 0 Å². The number of carbonyl (C=O) groups excluding carboxylic acids is 1. The maximum atomic E-state index is 11.6. The third kappa shape index (κ3) is 3.81. The molecule has 0 unspecified atom stereocenters. The summed E-state index contributed by atoms with van der Waals surface area (Å²) in [4.78, 5) is 13.0. The zero-order chi connectivity index (χ0) is 12.7. The van der Waals surface area contributed by atoms with Crippen molar-refractivity contribution in [2.45, 2.75) is 0 Å². The van der Waals surface area contributed by atoms with Gasteiger partial charge in [0.15, 0.2) is 0 Å². The van der Waals surface area contributed by atoms with Gasteiger partial charge in [-0.25, -0.2) is 0 Å². The molecule has 0 atom stereocenters. The fraction of sp³-hybridized carbons (Fsp3) is 0.154. The Labute approximate surface area is 101 Å². The molecule has 17 heavy (non-hydrogen) atoms. The van der Waals surface area contributed by atoms with E-state index in [4.69, 9.17) is 18.6 Å². The van der Waals surface area contributed by atoms with Crippen LogP contribution in [-0.2, 0) is 0 Å². The average molecular weight is 227 g/mol. The first-order chi connectivity index (χ1) is 8.17. The van der Waals surface area contributed by atoms with Gasteiger partial charge in [-0.3, -0.25) is 9.69 Å². The maximum absolute atomic E-state index is 11.6. The number of nitrogens with two attached hydrogens (primary N) is 1. The van der Waals surface area contributed by atoms with E-state index in [1.807, 2.05) is 0 Å². The van der Waals surface area contributed by atoms with Crippen molar-refractivity contribution in [3.05, 3.63) is 29.8 Å². The number of hydrogen-bond acceptors (Lipinski definition) is 3. The molecule has 1 amide bonds. The summed E-state index contributed by atoms with van der Waals surface area (Å²) in [5.74, 6) is -0.181. The zero-order valence-corrected chi connectivity index (χ0v) is 9.31. The van der Waals surface area contributed by atoms with Crippen molar-refractivity contribution in [3.63, 3.8) is 0 Å². The van der Waals surface area contributed by atoms with E-state index < -0.39 is 0 Å². The first kappa shape index (κ1) is 12.5. The number of benzene rings is 1. The van der Waals surface area contributed by atoms with Crippen molar-refractivity contribution in [1.82, 2.24) is 10.2 Å². The van der Waals surface area contributed by atoms with Gasteiger partial charge in [-0.1, -0.05) is 12.8 Å². The molecule has 0 aliphatic rings. The van der Waals surface area contributed by atoms with Gasteiger partial charge < -0.3 is 11.1 Å². The highest BCUT2D eigenvalue weighted by atomic mass is 16.1. The maximum Gasteiger partial charge on any atom is 0.251 e. The molecule has 0 saturated heterocycles. The van der Waals surface area contributed by atoms with Crippen molar-refractivity contribution in [1.29, 1.82) is 0 Å². The molecule has 0 fully saturated rings. The predicted octanol–water partition coefficient (Wildman–Crippen LogP) is 0.482. The van der Waals surface area contributed by atoms with Crippen LogP contribution in [-0.4, -0.2) is 23.9 Å². The highest BCUT2D eigenvalue weighted by molar-refractivity contribution is 5.94. The Kier molecular flexibility index (Phi) is 4.47. The molecular formula is C13H13N3O. The SMILES string of the molecule is C#CN(C#C)CCNC(=O)c1ccc(N)cc1. The van der Waals surface area contributed by atoms with Crippen LogP contribution in [0.5, 0.6) is 0 Å². The topological polar surface area (TPSA) is 58.4 Å². The summed E-state index contributed by atoms with van der Waals surface area (Å²) in [6.07, 6.45) is 10.3. The van der Waals surface area contributed by atoms with Gasteiger partial charge in [-0.2, -0.15) is 0 Å². The number of nitrogen functional groups attached to an aromatic ring is 1. The zero-order valence-electron chi connectivity index (χ0n) is 9.31. The van der Waals surface area contributed by atoms with E-state index in [-0.39, 0.29) is 5.91 Å². The largest absolute Gasteiger partial charge is 0.399 e. The van der Waals surface area contributed by atoms with E-state index in [1.54, 1.807) is 24.3 Å². The van der Waals surface area contributed by atoms with E-state index in [9.17, 15) is 4.79 Å². The molecule has 0 aliphatic carbocycles. The number of carbonyl (C=O) groups is 1. The monoisotopic (exact) mass is 227 g/mol. The van der Waals surface area contributed by atoms with Gasteiger partial charge in [0.1, 0.15) is 0 Å². The molecule has 0 heterocycles. The van der Waals surface area contributed by atoms with Gasteiger partial charge in [0.05, 0.1) is 6.54 Å². The third-order valence-electron chi connectivity index (χ3n) is 2.11. The number of amides is 1. The quantitative estimate of drug-likeness (QED) is 0.447. The smallest absolute Gasteiger partial charge is 0.251 e. The molecule has 86 valence electrons. The van der Waals surface area contributed by atoms with Crippen LogP contribution in [0.15, 0.2) is 24.3 Å². The Hall–Kier alpha value is -2.59. The summed E-state index contributed by atoms with van der Waals surface area (Å²) < 4.78 is 0. The number of terminal acetylenes is 2. The van der Waals surface area contributed by atoms with Crippen LogP contribution < -0.4 is 11.1 Å². The number of anilines is 1. The highest BCUT2D eigenvalue weighted by Crippen LogP contribution is 2.04. The molecule has 0 aromatic heterocycles. The van der Waals surface area contributed by atoms with Gasteiger partial charge in [0.2, 0.25) is 0 Å². The molecule has 0 radical (unpaired) electrons. The van der Waals surface area contributed by atoms with Gasteiger partial charge in [-0.15, -0.1) is 0 Å². The molecule has 0 spiro atoms. The van der Waals surface area contributed by atoms with Gasteiger partial charge in [-0.05, 0) is 24.3 Å². The summed E-state index contributed by atoms with van der Waals surface area (Å²) in [5, 5.41) is 2.70. The third-order valence-corrected chi connectivity index (χ3v) is 2.11. The van der Waals surface area contributed by atoms with Gasteiger partial charge in [0, 0.05) is 29.9 Å². The molecule has 0 saturated carbocycles. The van der Waals surface area contributed by atoms with Crippen LogP contribution in [0.4, 0.5) is 5.69 Å². The Balaban J connectivity index is 2.44. The highest BCUT2D eigenvalue weighted by Gasteiger charge is 2.04. The van der Waals surface area contributed by atoms with E-state index in [0.717, 1.165) is 0 Å². The second kappa shape index (κ2) is 6.09.